The average molecular weight is 272 g/mol. The lowest BCUT2D eigenvalue weighted by atomic mass is 10.3. The zero-order valence-corrected chi connectivity index (χ0v) is 9.88. The van der Waals surface area contributed by atoms with Crippen molar-refractivity contribution in [2.24, 2.45) is 0 Å². The minimum atomic E-state index is -3.79. The van der Waals surface area contributed by atoms with Crippen LogP contribution >= 0.6 is 0 Å². The summed E-state index contributed by atoms with van der Waals surface area (Å²) in [7, 11) is -3.79. The predicted molar refractivity (Wildman–Crippen MR) is 61.1 cm³/mol. The van der Waals surface area contributed by atoms with Crippen LogP contribution < -0.4 is 11.3 Å². The largest absolute Gasteiger partial charge is 0.477 e. The quantitative estimate of drug-likeness (QED) is 0.684. The summed E-state index contributed by atoms with van der Waals surface area (Å²) in [5, 5.41) is 12.4. The van der Waals surface area contributed by atoms with Crippen LogP contribution in [0.3, 0.4) is 0 Å². The molecule has 0 fully saturated rings. The molecule has 96 valence electrons. The Labute approximate surface area is 100 Å². The van der Waals surface area contributed by atoms with Gasteiger partial charge in [0.25, 0.3) is 5.56 Å². The smallest absolute Gasteiger partial charge is 0.342 e. The molecule has 2 aromatic rings. The summed E-state index contributed by atoms with van der Waals surface area (Å²) < 4.78 is 24.3. The number of aromatic nitrogens is 3. The van der Waals surface area contributed by atoms with E-state index in [1.807, 2.05) is 0 Å². The topological polar surface area (TPSA) is 137 Å². The van der Waals surface area contributed by atoms with Crippen molar-refractivity contribution in [3.63, 3.8) is 0 Å². The maximum atomic E-state index is 11.7. The second-order valence-corrected chi connectivity index (χ2v) is 5.41. The lowest BCUT2D eigenvalue weighted by molar-refractivity contribution is 0.0694. The molecule has 0 aromatic carbocycles. The summed E-state index contributed by atoms with van der Waals surface area (Å²) in [5.41, 5.74) is 3.59. The molecule has 0 amide bonds. The van der Waals surface area contributed by atoms with Crippen molar-refractivity contribution in [2.75, 3.05) is 12.0 Å². The molecule has 0 saturated heterocycles. The molecular weight excluding hydrogens is 264 g/mol. The van der Waals surface area contributed by atoms with E-state index < -0.39 is 27.1 Å². The van der Waals surface area contributed by atoms with E-state index in [2.05, 4.69) is 5.10 Å². The SMILES string of the molecule is CS(=O)(=O)n1cc(C(=O)O)c(=O)n2nc(N)cc12. The highest BCUT2D eigenvalue weighted by molar-refractivity contribution is 7.89. The minimum absolute atomic E-state index is 0.0907. The number of fused-ring (bicyclic) bond motifs is 1. The first-order chi connectivity index (χ1) is 8.21. The number of carboxylic acid groups (broad SMARTS) is 1. The molecule has 0 aliphatic heterocycles. The first-order valence-electron chi connectivity index (χ1n) is 4.56. The highest BCUT2D eigenvalue weighted by Gasteiger charge is 2.19. The van der Waals surface area contributed by atoms with Gasteiger partial charge in [0.2, 0.25) is 10.0 Å². The third-order valence-corrected chi connectivity index (χ3v) is 3.20. The van der Waals surface area contributed by atoms with E-state index in [1.165, 1.54) is 0 Å². The number of aromatic carboxylic acids is 1. The van der Waals surface area contributed by atoms with Gasteiger partial charge in [-0.15, -0.1) is 5.10 Å². The fraction of sp³-hybridized carbons (Fsp3) is 0.125. The van der Waals surface area contributed by atoms with Crippen LogP contribution in [0.1, 0.15) is 10.4 Å². The van der Waals surface area contributed by atoms with Crippen molar-refractivity contribution in [2.45, 2.75) is 0 Å². The average Bonchev–Trinajstić information content (AvgIpc) is 2.58. The first kappa shape index (κ1) is 12.1. The standard InChI is InChI=1S/C8H8N4O5S/c1-18(16,17)11-3-4(8(14)15)7(13)12-6(11)2-5(9)10-12/h2-3H,1H3,(H2,9,10)(H,14,15). The Balaban J connectivity index is 3.08. The van der Waals surface area contributed by atoms with Crippen LogP contribution in [0.15, 0.2) is 17.1 Å². The Morgan fingerprint density at radius 2 is 2.11 bits per heavy atom. The number of hydrogen-bond acceptors (Lipinski definition) is 6. The normalized spacial score (nSPS) is 11.8. The first-order valence-corrected chi connectivity index (χ1v) is 6.41. The van der Waals surface area contributed by atoms with Gasteiger partial charge in [0.1, 0.15) is 11.4 Å². The van der Waals surface area contributed by atoms with Gasteiger partial charge in [0, 0.05) is 12.3 Å². The van der Waals surface area contributed by atoms with Gasteiger partial charge < -0.3 is 10.8 Å². The molecule has 0 atom stereocenters. The summed E-state index contributed by atoms with van der Waals surface area (Å²) in [4.78, 5) is 22.6. The monoisotopic (exact) mass is 272 g/mol. The maximum absolute atomic E-state index is 11.7. The molecule has 2 rings (SSSR count). The van der Waals surface area contributed by atoms with Crippen LogP contribution in [0.4, 0.5) is 5.82 Å². The molecule has 0 aliphatic rings. The Morgan fingerprint density at radius 3 is 2.61 bits per heavy atom. The second-order valence-electron chi connectivity index (χ2n) is 3.55. The van der Waals surface area contributed by atoms with Crippen LogP contribution in [0.2, 0.25) is 0 Å². The molecule has 0 bridgehead atoms. The molecule has 2 heterocycles. The number of nitrogens with two attached hydrogens (primary N) is 1. The fourth-order valence-corrected chi connectivity index (χ4v) is 2.23. The van der Waals surface area contributed by atoms with Gasteiger partial charge in [-0.3, -0.25) is 4.79 Å². The Bertz CT molecular complexity index is 816. The van der Waals surface area contributed by atoms with Crippen molar-refractivity contribution in [3.8, 4) is 0 Å². The highest BCUT2D eigenvalue weighted by Crippen LogP contribution is 2.09. The number of carbonyl (C=O) groups is 1. The maximum Gasteiger partial charge on any atom is 0.342 e. The molecular formula is C8H8N4O5S. The fourth-order valence-electron chi connectivity index (χ4n) is 1.46. The zero-order chi connectivity index (χ0) is 13.7. The summed E-state index contributed by atoms with van der Waals surface area (Å²) in [5.74, 6) is -1.64. The summed E-state index contributed by atoms with van der Waals surface area (Å²) in [6.45, 7) is 0. The zero-order valence-electron chi connectivity index (χ0n) is 9.06. The Hall–Kier alpha value is -2.36. The molecule has 2 aromatic heterocycles. The van der Waals surface area contributed by atoms with Gasteiger partial charge in [0.05, 0.1) is 6.26 Å². The van der Waals surface area contributed by atoms with Crippen LogP contribution in [0, 0.1) is 0 Å². The third-order valence-electron chi connectivity index (χ3n) is 2.19. The lowest BCUT2D eigenvalue weighted by Gasteiger charge is -2.06. The number of nitrogen functional groups attached to an aromatic ring is 1. The molecule has 0 saturated carbocycles. The number of rotatable bonds is 2. The van der Waals surface area contributed by atoms with Gasteiger partial charge in [0.15, 0.2) is 5.65 Å². The summed E-state index contributed by atoms with van der Waals surface area (Å²) in [6, 6.07) is 1.16. The van der Waals surface area contributed by atoms with Crippen molar-refractivity contribution in [1.29, 1.82) is 0 Å². The van der Waals surface area contributed by atoms with Gasteiger partial charge in [-0.25, -0.2) is 17.2 Å². The van der Waals surface area contributed by atoms with Crippen LogP contribution in [-0.2, 0) is 10.0 Å². The molecule has 18 heavy (non-hydrogen) atoms. The molecule has 9 nitrogen and oxygen atoms in total. The Morgan fingerprint density at radius 1 is 1.50 bits per heavy atom. The number of anilines is 1. The summed E-state index contributed by atoms with van der Waals surface area (Å²) in [6.07, 6.45) is 1.60. The third kappa shape index (κ3) is 1.72. The van der Waals surface area contributed by atoms with E-state index in [9.17, 15) is 18.0 Å². The van der Waals surface area contributed by atoms with E-state index >= 15 is 0 Å². The lowest BCUT2D eigenvalue weighted by Crippen LogP contribution is -2.27. The molecule has 0 spiro atoms. The van der Waals surface area contributed by atoms with Crippen molar-refractivity contribution in [1.82, 2.24) is 13.6 Å². The molecule has 3 N–H and O–H groups in total. The number of nitrogens with zero attached hydrogens (tertiary/aromatic N) is 3. The van der Waals surface area contributed by atoms with Gasteiger partial charge in [-0.1, -0.05) is 0 Å². The van der Waals surface area contributed by atoms with Gasteiger partial charge in [-0.2, -0.15) is 4.52 Å². The molecule has 0 unspecified atom stereocenters. The van der Waals surface area contributed by atoms with E-state index in [4.69, 9.17) is 10.8 Å². The predicted octanol–water partition coefficient (Wildman–Crippen LogP) is -1.42. The molecule has 10 heteroatoms. The van der Waals surface area contributed by atoms with Crippen molar-refractivity contribution in [3.05, 3.63) is 28.2 Å². The van der Waals surface area contributed by atoms with E-state index in [1.54, 1.807) is 0 Å². The molecule has 0 aliphatic carbocycles. The minimum Gasteiger partial charge on any atom is -0.477 e. The second kappa shape index (κ2) is 3.57. The Kier molecular flexibility index (Phi) is 2.40. The highest BCUT2D eigenvalue weighted by atomic mass is 32.2. The van der Waals surface area contributed by atoms with Crippen LogP contribution in [0.25, 0.3) is 5.65 Å². The van der Waals surface area contributed by atoms with Crippen molar-refractivity contribution >= 4 is 27.5 Å². The van der Waals surface area contributed by atoms with Crippen molar-refractivity contribution < 1.29 is 18.3 Å². The number of carboxylic acids is 1. The van der Waals surface area contributed by atoms with E-state index in [0.29, 0.717) is 8.49 Å². The van der Waals surface area contributed by atoms with Crippen LogP contribution in [-0.4, -0.2) is 39.3 Å². The number of hydrogen-bond donors (Lipinski definition) is 2. The summed E-state index contributed by atoms with van der Waals surface area (Å²) >= 11 is 0. The molecule has 0 radical (unpaired) electrons. The van der Waals surface area contributed by atoms with E-state index in [0.717, 1.165) is 18.5 Å². The van der Waals surface area contributed by atoms with Crippen LogP contribution in [0.5, 0.6) is 0 Å². The van der Waals surface area contributed by atoms with Gasteiger partial charge >= 0.3 is 5.97 Å². The van der Waals surface area contributed by atoms with E-state index in [-0.39, 0.29) is 11.5 Å². The van der Waals surface area contributed by atoms with Gasteiger partial charge in [-0.05, 0) is 0 Å².